The summed E-state index contributed by atoms with van der Waals surface area (Å²) in [6.45, 7) is 6.64. The van der Waals surface area contributed by atoms with Gasteiger partial charge in [-0.05, 0) is 38.6 Å². The molecule has 0 saturated heterocycles. The zero-order chi connectivity index (χ0) is 15.2. The summed E-state index contributed by atoms with van der Waals surface area (Å²) < 4.78 is 19.9. The monoisotopic (exact) mass is 288 g/mol. The molecule has 2 rings (SSSR count). The molecule has 1 aromatic carbocycles. The third-order valence-corrected chi connectivity index (χ3v) is 3.06. The third-order valence-electron chi connectivity index (χ3n) is 3.06. The van der Waals surface area contributed by atoms with Crippen LogP contribution in [-0.4, -0.2) is 17.6 Å². The highest BCUT2D eigenvalue weighted by Crippen LogP contribution is 2.30. The third kappa shape index (κ3) is 3.79. The smallest absolute Gasteiger partial charge is 0.146 e. The molecule has 4 heteroatoms. The van der Waals surface area contributed by atoms with Crippen molar-refractivity contribution in [2.24, 2.45) is 0 Å². The van der Waals surface area contributed by atoms with Crippen molar-refractivity contribution >= 4 is 0 Å². The van der Waals surface area contributed by atoms with E-state index in [1.807, 2.05) is 45.0 Å². The second-order valence-electron chi connectivity index (χ2n) is 5.07. The molecule has 2 aromatic rings. The van der Waals surface area contributed by atoms with Crippen LogP contribution in [0.1, 0.15) is 38.1 Å². The van der Waals surface area contributed by atoms with Crippen molar-refractivity contribution in [2.45, 2.75) is 32.9 Å². The van der Waals surface area contributed by atoms with E-state index in [1.165, 1.54) is 6.07 Å². The van der Waals surface area contributed by atoms with E-state index in [1.54, 1.807) is 12.3 Å². The zero-order valence-electron chi connectivity index (χ0n) is 12.6. The van der Waals surface area contributed by atoms with Crippen molar-refractivity contribution in [3.05, 3.63) is 59.7 Å². The fraction of sp³-hybridized carbons (Fsp3) is 0.353. The summed E-state index contributed by atoms with van der Waals surface area (Å²) in [4.78, 5) is 4.20. The quantitative estimate of drug-likeness (QED) is 0.880. The van der Waals surface area contributed by atoms with Crippen LogP contribution < -0.4 is 10.1 Å². The van der Waals surface area contributed by atoms with Crippen LogP contribution in [0.3, 0.4) is 0 Å². The van der Waals surface area contributed by atoms with Crippen LogP contribution >= 0.6 is 0 Å². The van der Waals surface area contributed by atoms with Gasteiger partial charge in [-0.2, -0.15) is 0 Å². The normalized spacial score (nSPS) is 12.4. The molecule has 0 aliphatic rings. The lowest BCUT2D eigenvalue weighted by atomic mass is 10.0. The summed E-state index contributed by atoms with van der Waals surface area (Å²) in [5.41, 5.74) is 1.28. The lowest BCUT2D eigenvalue weighted by Crippen LogP contribution is -2.25. The Balaban J connectivity index is 2.46. The Hall–Kier alpha value is -1.94. The number of ether oxygens (including phenoxy) is 1. The van der Waals surface area contributed by atoms with Crippen molar-refractivity contribution in [2.75, 3.05) is 6.54 Å². The van der Waals surface area contributed by atoms with Gasteiger partial charge in [-0.1, -0.05) is 25.1 Å². The number of benzene rings is 1. The van der Waals surface area contributed by atoms with Gasteiger partial charge in [0.2, 0.25) is 0 Å². The summed E-state index contributed by atoms with van der Waals surface area (Å²) in [6.07, 6.45) is 1.66. The van der Waals surface area contributed by atoms with Gasteiger partial charge in [-0.15, -0.1) is 0 Å². The first-order valence-corrected chi connectivity index (χ1v) is 7.22. The highest BCUT2D eigenvalue weighted by Gasteiger charge is 2.21. The summed E-state index contributed by atoms with van der Waals surface area (Å²) in [7, 11) is 0. The summed E-state index contributed by atoms with van der Waals surface area (Å²) >= 11 is 0. The molecule has 21 heavy (non-hydrogen) atoms. The molecule has 1 atom stereocenters. The Kier molecular flexibility index (Phi) is 5.28. The Morgan fingerprint density at radius 1 is 1.19 bits per heavy atom. The fourth-order valence-electron chi connectivity index (χ4n) is 2.25. The predicted octanol–water partition coefficient (Wildman–Crippen LogP) is 3.71. The molecule has 1 unspecified atom stereocenters. The van der Waals surface area contributed by atoms with Gasteiger partial charge in [0.25, 0.3) is 0 Å². The van der Waals surface area contributed by atoms with Gasteiger partial charge in [-0.25, -0.2) is 4.39 Å². The minimum Gasteiger partial charge on any atom is -0.491 e. The Bertz CT molecular complexity index is 587. The second kappa shape index (κ2) is 7.18. The molecular weight excluding hydrogens is 267 g/mol. The van der Waals surface area contributed by atoms with Gasteiger partial charge >= 0.3 is 0 Å². The van der Waals surface area contributed by atoms with Crippen LogP contribution in [0.4, 0.5) is 4.39 Å². The molecule has 1 N–H and O–H groups in total. The minimum absolute atomic E-state index is 0.0574. The molecule has 0 saturated carbocycles. The summed E-state index contributed by atoms with van der Waals surface area (Å²) in [5, 5.41) is 3.29. The van der Waals surface area contributed by atoms with Crippen LogP contribution in [0.5, 0.6) is 5.75 Å². The molecule has 0 bridgehead atoms. The number of rotatable bonds is 6. The largest absolute Gasteiger partial charge is 0.491 e. The SMILES string of the molecule is CCNC(c1ccccc1OC(C)C)c1ncccc1F. The predicted molar refractivity (Wildman–Crippen MR) is 81.9 cm³/mol. The van der Waals surface area contributed by atoms with Crippen LogP contribution in [0.15, 0.2) is 42.6 Å². The lowest BCUT2D eigenvalue weighted by Gasteiger charge is -2.22. The Labute approximate surface area is 125 Å². The van der Waals surface area contributed by atoms with Gasteiger partial charge < -0.3 is 10.1 Å². The van der Waals surface area contributed by atoms with E-state index in [4.69, 9.17) is 4.74 Å². The van der Waals surface area contributed by atoms with E-state index in [0.717, 1.165) is 11.3 Å². The maximum atomic E-state index is 14.1. The van der Waals surface area contributed by atoms with E-state index >= 15 is 0 Å². The maximum Gasteiger partial charge on any atom is 0.146 e. The minimum atomic E-state index is -0.328. The van der Waals surface area contributed by atoms with E-state index < -0.39 is 0 Å². The van der Waals surface area contributed by atoms with Crippen LogP contribution in [-0.2, 0) is 0 Å². The van der Waals surface area contributed by atoms with E-state index in [9.17, 15) is 4.39 Å². The van der Waals surface area contributed by atoms with E-state index in [-0.39, 0.29) is 18.0 Å². The lowest BCUT2D eigenvalue weighted by molar-refractivity contribution is 0.238. The number of halogens is 1. The van der Waals surface area contributed by atoms with Crippen LogP contribution in [0, 0.1) is 5.82 Å². The number of para-hydroxylation sites is 1. The van der Waals surface area contributed by atoms with Gasteiger partial charge in [0.05, 0.1) is 17.8 Å². The first-order valence-electron chi connectivity index (χ1n) is 7.22. The molecule has 0 fully saturated rings. The Morgan fingerprint density at radius 2 is 1.95 bits per heavy atom. The number of nitrogens with one attached hydrogen (secondary N) is 1. The fourth-order valence-corrected chi connectivity index (χ4v) is 2.25. The topological polar surface area (TPSA) is 34.1 Å². The molecule has 0 amide bonds. The van der Waals surface area contributed by atoms with Gasteiger partial charge in [0.15, 0.2) is 0 Å². The van der Waals surface area contributed by atoms with Crippen molar-refractivity contribution in [3.8, 4) is 5.75 Å². The number of hydrogen-bond donors (Lipinski definition) is 1. The first kappa shape index (κ1) is 15.4. The van der Waals surface area contributed by atoms with Gasteiger partial charge in [0, 0.05) is 11.8 Å². The Morgan fingerprint density at radius 3 is 2.62 bits per heavy atom. The number of pyridine rings is 1. The van der Waals surface area contributed by atoms with Gasteiger partial charge in [0.1, 0.15) is 11.6 Å². The van der Waals surface area contributed by atoms with Crippen molar-refractivity contribution in [1.82, 2.24) is 10.3 Å². The van der Waals surface area contributed by atoms with Crippen LogP contribution in [0.25, 0.3) is 0 Å². The molecule has 1 heterocycles. The molecule has 0 radical (unpaired) electrons. The number of aromatic nitrogens is 1. The molecule has 0 spiro atoms. The second-order valence-corrected chi connectivity index (χ2v) is 5.07. The molecule has 112 valence electrons. The zero-order valence-corrected chi connectivity index (χ0v) is 12.6. The maximum absolute atomic E-state index is 14.1. The standard InChI is InChI=1S/C17H21FN2O/c1-4-19-16(17-14(18)9-7-11-20-17)13-8-5-6-10-15(13)21-12(2)3/h5-12,16,19H,4H2,1-3H3. The van der Waals surface area contributed by atoms with Crippen LogP contribution in [0.2, 0.25) is 0 Å². The van der Waals surface area contributed by atoms with E-state index in [2.05, 4.69) is 10.3 Å². The molecule has 1 aromatic heterocycles. The highest BCUT2D eigenvalue weighted by molar-refractivity contribution is 5.40. The van der Waals surface area contributed by atoms with Crippen molar-refractivity contribution < 1.29 is 9.13 Å². The van der Waals surface area contributed by atoms with Crippen molar-refractivity contribution in [3.63, 3.8) is 0 Å². The molecule has 0 aliphatic carbocycles. The number of hydrogen-bond acceptors (Lipinski definition) is 3. The number of nitrogens with zero attached hydrogens (tertiary/aromatic N) is 1. The molecular formula is C17H21FN2O. The summed E-state index contributed by atoms with van der Waals surface area (Å²) in [6, 6.07) is 10.4. The van der Waals surface area contributed by atoms with Crippen molar-refractivity contribution in [1.29, 1.82) is 0 Å². The van der Waals surface area contributed by atoms with Gasteiger partial charge in [-0.3, -0.25) is 4.98 Å². The molecule has 0 aliphatic heterocycles. The first-order chi connectivity index (χ1) is 10.1. The molecule has 3 nitrogen and oxygen atoms in total. The summed E-state index contributed by atoms with van der Waals surface area (Å²) in [5.74, 6) is 0.436. The average Bonchev–Trinajstić information content (AvgIpc) is 2.46. The average molecular weight is 288 g/mol. The van der Waals surface area contributed by atoms with E-state index in [0.29, 0.717) is 12.2 Å². The highest BCUT2D eigenvalue weighted by atomic mass is 19.1.